The van der Waals surface area contributed by atoms with Crippen LogP contribution in [-0.2, 0) is 11.2 Å². The van der Waals surface area contributed by atoms with Gasteiger partial charge in [-0.25, -0.2) is 0 Å². The molecule has 2 aromatic carbocycles. The maximum Gasteiger partial charge on any atom is 0.119 e. The predicted octanol–water partition coefficient (Wildman–Crippen LogP) is 2.63. The van der Waals surface area contributed by atoms with Gasteiger partial charge in [-0.2, -0.15) is 0 Å². The average Bonchev–Trinajstić information content (AvgIpc) is 2.46. The fourth-order valence-electron chi connectivity index (χ4n) is 2.33. The molecule has 0 aliphatic heterocycles. The highest BCUT2D eigenvalue weighted by Gasteiger charge is 2.09. The molecule has 19 heavy (non-hydrogen) atoms. The molecule has 2 aromatic rings. The molecule has 3 nitrogen and oxygen atoms in total. The van der Waals surface area contributed by atoms with Crippen molar-refractivity contribution in [3.63, 3.8) is 0 Å². The number of hydrogen-bond acceptors (Lipinski definition) is 3. The Labute approximate surface area is 114 Å². The molecule has 1 unspecified atom stereocenters. The van der Waals surface area contributed by atoms with Crippen LogP contribution in [0.3, 0.4) is 0 Å². The lowest BCUT2D eigenvalue weighted by Crippen LogP contribution is -2.32. The third-order valence-corrected chi connectivity index (χ3v) is 3.42. The lowest BCUT2D eigenvalue weighted by molar-refractivity contribution is 0.169. The maximum atomic E-state index is 5.32. The van der Waals surface area contributed by atoms with E-state index < -0.39 is 0 Å². The zero-order chi connectivity index (χ0) is 13.7. The monoisotopic (exact) mass is 259 g/mol. The smallest absolute Gasteiger partial charge is 0.119 e. The maximum absolute atomic E-state index is 5.32. The molecule has 1 N–H and O–H groups in total. The zero-order valence-electron chi connectivity index (χ0n) is 11.8. The minimum atomic E-state index is 0.321. The summed E-state index contributed by atoms with van der Waals surface area (Å²) in [6.45, 7) is 0.705. The first-order valence-electron chi connectivity index (χ1n) is 6.50. The first-order chi connectivity index (χ1) is 9.28. The van der Waals surface area contributed by atoms with Gasteiger partial charge in [-0.15, -0.1) is 0 Å². The van der Waals surface area contributed by atoms with E-state index >= 15 is 0 Å². The van der Waals surface area contributed by atoms with Crippen LogP contribution in [0.15, 0.2) is 36.4 Å². The highest BCUT2D eigenvalue weighted by atomic mass is 16.5. The van der Waals surface area contributed by atoms with Gasteiger partial charge in [0.05, 0.1) is 13.7 Å². The first-order valence-corrected chi connectivity index (χ1v) is 6.50. The molecule has 0 aromatic heterocycles. The van der Waals surface area contributed by atoms with E-state index in [2.05, 4.69) is 35.6 Å². The van der Waals surface area contributed by atoms with E-state index in [0.717, 1.165) is 12.2 Å². The lowest BCUT2D eigenvalue weighted by Gasteiger charge is -2.16. The Balaban J connectivity index is 2.35. The highest BCUT2D eigenvalue weighted by molar-refractivity contribution is 5.87. The van der Waals surface area contributed by atoms with Crippen molar-refractivity contribution >= 4 is 10.8 Å². The summed E-state index contributed by atoms with van der Waals surface area (Å²) in [5, 5.41) is 5.78. The first kappa shape index (κ1) is 13.8. The van der Waals surface area contributed by atoms with Crippen molar-refractivity contribution in [1.29, 1.82) is 0 Å². The minimum absolute atomic E-state index is 0.321. The number of benzene rings is 2. The van der Waals surface area contributed by atoms with Crippen LogP contribution < -0.4 is 10.1 Å². The van der Waals surface area contributed by atoms with Gasteiger partial charge in [0, 0.05) is 13.2 Å². The zero-order valence-corrected chi connectivity index (χ0v) is 11.8. The van der Waals surface area contributed by atoms with Crippen molar-refractivity contribution in [3.8, 4) is 5.75 Å². The van der Waals surface area contributed by atoms with Crippen molar-refractivity contribution in [2.24, 2.45) is 0 Å². The van der Waals surface area contributed by atoms with Crippen molar-refractivity contribution in [1.82, 2.24) is 5.32 Å². The second-order valence-electron chi connectivity index (χ2n) is 4.65. The number of methoxy groups -OCH3 is 2. The fourth-order valence-corrected chi connectivity index (χ4v) is 2.33. The van der Waals surface area contributed by atoms with Crippen molar-refractivity contribution in [2.45, 2.75) is 12.5 Å². The predicted molar refractivity (Wildman–Crippen MR) is 78.9 cm³/mol. The molecule has 0 aliphatic carbocycles. The molecule has 0 heterocycles. The summed E-state index contributed by atoms with van der Waals surface area (Å²) >= 11 is 0. The second-order valence-corrected chi connectivity index (χ2v) is 4.65. The molecule has 3 heteroatoms. The molecular weight excluding hydrogens is 238 g/mol. The van der Waals surface area contributed by atoms with E-state index in [9.17, 15) is 0 Å². The van der Waals surface area contributed by atoms with Crippen LogP contribution in [0, 0.1) is 0 Å². The van der Waals surface area contributed by atoms with Crippen LogP contribution >= 0.6 is 0 Å². The molecule has 0 aliphatic rings. The van der Waals surface area contributed by atoms with E-state index in [1.165, 1.54) is 16.3 Å². The van der Waals surface area contributed by atoms with Crippen molar-refractivity contribution in [3.05, 3.63) is 42.0 Å². The summed E-state index contributed by atoms with van der Waals surface area (Å²) in [4.78, 5) is 0. The van der Waals surface area contributed by atoms with Crippen LogP contribution in [0.25, 0.3) is 10.8 Å². The summed E-state index contributed by atoms with van der Waals surface area (Å²) in [5.41, 5.74) is 1.31. The second kappa shape index (κ2) is 6.55. The van der Waals surface area contributed by atoms with Crippen LogP contribution in [0.5, 0.6) is 5.75 Å². The Bertz CT molecular complexity index is 539. The molecule has 0 bridgehead atoms. The lowest BCUT2D eigenvalue weighted by atomic mass is 9.99. The summed E-state index contributed by atoms with van der Waals surface area (Å²) < 4.78 is 10.6. The quantitative estimate of drug-likeness (QED) is 0.865. The van der Waals surface area contributed by atoms with E-state index in [1.54, 1.807) is 14.2 Å². The molecule has 0 spiro atoms. The topological polar surface area (TPSA) is 30.5 Å². The number of hydrogen-bond donors (Lipinski definition) is 1. The molecule has 0 radical (unpaired) electrons. The minimum Gasteiger partial charge on any atom is -0.497 e. The molecule has 2 rings (SSSR count). The molecular formula is C16H21NO2. The average molecular weight is 259 g/mol. The molecule has 0 amide bonds. The third kappa shape index (κ3) is 3.25. The number of fused-ring (bicyclic) bond motifs is 1. The van der Waals surface area contributed by atoms with Crippen LogP contribution in [0.4, 0.5) is 0 Å². The van der Waals surface area contributed by atoms with Gasteiger partial charge in [-0.3, -0.25) is 0 Å². The van der Waals surface area contributed by atoms with Gasteiger partial charge in [0.1, 0.15) is 5.75 Å². The van der Waals surface area contributed by atoms with Gasteiger partial charge >= 0.3 is 0 Å². The Morgan fingerprint density at radius 1 is 1.16 bits per heavy atom. The Morgan fingerprint density at radius 3 is 2.68 bits per heavy atom. The Morgan fingerprint density at radius 2 is 2.00 bits per heavy atom. The van der Waals surface area contributed by atoms with Gasteiger partial charge in [-0.05, 0) is 41.9 Å². The van der Waals surface area contributed by atoms with Crippen LogP contribution in [-0.4, -0.2) is 33.9 Å². The third-order valence-electron chi connectivity index (χ3n) is 3.42. The Hall–Kier alpha value is -1.58. The van der Waals surface area contributed by atoms with Gasteiger partial charge in [-0.1, -0.05) is 24.3 Å². The van der Waals surface area contributed by atoms with Crippen molar-refractivity contribution in [2.75, 3.05) is 27.9 Å². The van der Waals surface area contributed by atoms with Crippen molar-refractivity contribution < 1.29 is 9.47 Å². The number of rotatable bonds is 6. The van der Waals surface area contributed by atoms with Gasteiger partial charge in [0.2, 0.25) is 0 Å². The van der Waals surface area contributed by atoms with Gasteiger partial charge in [0.25, 0.3) is 0 Å². The summed E-state index contributed by atoms with van der Waals surface area (Å²) in [7, 11) is 5.40. The fraction of sp³-hybridized carbons (Fsp3) is 0.375. The van der Waals surface area contributed by atoms with Gasteiger partial charge in [0.15, 0.2) is 0 Å². The molecule has 0 saturated carbocycles. The number of ether oxygens (including phenoxy) is 2. The standard InChI is InChI=1S/C16H21NO2/c1-17-14(11-18-2)9-13-6-4-5-12-7-8-15(19-3)10-16(12)13/h4-8,10,14,17H,9,11H2,1-3H3. The SMILES string of the molecule is CNC(COC)Cc1cccc2ccc(OC)cc12. The van der Waals surface area contributed by atoms with Crippen LogP contribution in [0.2, 0.25) is 0 Å². The molecule has 0 fully saturated rings. The van der Waals surface area contributed by atoms with E-state index in [1.807, 2.05) is 13.1 Å². The number of nitrogens with one attached hydrogen (secondary N) is 1. The Kier molecular flexibility index (Phi) is 4.77. The summed E-state index contributed by atoms with van der Waals surface area (Å²) in [6, 6.07) is 12.9. The van der Waals surface area contributed by atoms with Crippen LogP contribution in [0.1, 0.15) is 5.56 Å². The summed E-state index contributed by atoms with van der Waals surface area (Å²) in [5.74, 6) is 0.896. The van der Waals surface area contributed by atoms with E-state index in [4.69, 9.17) is 9.47 Å². The molecule has 0 saturated heterocycles. The largest absolute Gasteiger partial charge is 0.497 e. The van der Waals surface area contributed by atoms with E-state index in [-0.39, 0.29) is 0 Å². The van der Waals surface area contributed by atoms with Gasteiger partial charge < -0.3 is 14.8 Å². The summed E-state index contributed by atoms with van der Waals surface area (Å²) in [6.07, 6.45) is 0.939. The molecule has 102 valence electrons. The number of likely N-dealkylation sites (N-methyl/N-ethyl adjacent to an activating group) is 1. The highest BCUT2D eigenvalue weighted by Crippen LogP contribution is 2.24. The normalized spacial score (nSPS) is 12.6. The van der Waals surface area contributed by atoms with E-state index in [0.29, 0.717) is 12.6 Å². The molecule has 1 atom stereocenters.